The van der Waals surface area contributed by atoms with Crippen molar-refractivity contribution < 1.29 is 14.3 Å². The second-order valence-electron chi connectivity index (χ2n) is 10.9. The summed E-state index contributed by atoms with van der Waals surface area (Å²) >= 11 is 0. The number of primary amides is 1. The first-order valence-corrected chi connectivity index (χ1v) is 12.3. The van der Waals surface area contributed by atoms with Gasteiger partial charge < -0.3 is 15.8 Å². The summed E-state index contributed by atoms with van der Waals surface area (Å²) in [6.45, 7) is 4.74. The number of amides is 2. The number of allylic oxidation sites excluding steroid dienone is 3. The summed E-state index contributed by atoms with van der Waals surface area (Å²) in [4.78, 5) is 27.3. The van der Waals surface area contributed by atoms with E-state index in [2.05, 4.69) is 42.4 Å². The lowest BCUT2D eigenvalue weighted by Gasteiger charge is -2.57. The van der Waals surface area contributed by atoms with E-state index in [0.717, 1.165) is 32.1 Å². The van der Waals surface area contributed by atoms with Crippen LogP contribution in [-0.2, 0) is 9.53 Å². The van der Waals surface area contributed by atoms with Crippen molar-refractivity contribution >= 4 is 17.6 Å². The van der Waals surface area contributed by atoms with E-state index in [-0.39, 0.29) is 23.5 Å². The molecule has 1 unspecified atom stereocenters. The smallest absolute Gasteiger partial charge is 0.407 e. The molecule has 3 N–H and O–H groups in total. The lowest BCUT2D eigenvalue weighted by Crippen LogP contribution is -2.50. The molecule has 4 aliphatic rings. The Bertz CT molecular complexity index is 1000. The largest absolute Gasteiger partial charge is 0.446 e. The molecule has 1 aromatic heterocycles. The van der Waals surface area contributed by atoms with Gasteiger partial charge in [-0.25, -0.2) is 4.79 Å². The van der Waals surface area contributed by atoms with Crippen LogP contribution in [0, 0.1) is 28.6 Å². The van der Waals surface area contributed by atoms with Crippen molar-refractivity contribution in [1.82, 2.24) is 10.3 Å². The molecule has 1 aromatic rings. The maximum atomic E-state index is 12.0. The van der Waals surface area contributed by atoms with Crippen LogP contribution < -0.4 is 11.1 Å². The van der Waals surface area contributed by atoms with Crippen molar-refractivity contribution in [3.63, 3.8) is 0 Å². The summed E-state index contributed by atoms with van der Waals surface area (Å²) in [6, 6.07) is 4.25. The molecule has 0 aliphatic heterocycles. The normalized spacial score (nSPS) is 37.0. The fraction of sp³-hybridized carbons (Fsp3) is 0.593. The summed E-state index contributed by atoms with van der Waals surface area (Å²) in [7, 11) is 0. The molecule has 2 saturated carbocycles. The van der Waals surface area contributed by atoms with Crippen LogP contribution in [-0.4, -0.2) is 29.6 Å². The van der Waals surface area contributed by atoms with Crippen LogP contribution >= 0.6 is 0 Å². The fourth-order valence-electron chi connectivity index (χ4n) is 7.62. The third kappa shape index (κ3) is 3.77. The molecule has 5 rings (SSSR count). The van der Waals surface area contributed by atoms with Gasteiger partial charge in [-0.1, -0.05) is 37.6 Å². The summed E-state index contributed by atoms with van der Waals surface area (Å²) in [5.74, 6) is 1.48. The number of aromatic nitrogens is 1. The molecule has 176 valence electrons. The van der Waals surface area contributed by atoms with Crippen LogP contribution in [0.1, 0.15) is 64.4 Å². The molecule has 0 spiro atoms. The van der Waals surface area contributed by atoms with Crippen molar-refractivity contribution in [3.05, 3.63) is 47.8 Å². The van der Waals surface area contributed by atoms with Gasteiger partial charge in [0.2, 0.25) is 5.91 Å². The quantitative estimate of drug-likeness (QED) is 0.656. The molecule has 33 heavy (non-hydrogen) atoms. The van der Waals surface area contributed by atoms with Crippen molar-refractivity contribution in [2.75, 3.05) is 6.54 Å². The van der Waals surface area contributed by atoms with Crippen LogP contribution in [0.4, 0.5) is 4.79 Å². The van der Waals surface area contributed by atoms with E-state index >= 15 is 0 Å². The Hall–Kier alpha value is -2.63. The van der Waals surface area contributed by atoms with Crippen LogP contribution in [0.2, 0.25) is 0 Å². The second kappa shape index (κ2) is 8.30. The van der Waals surface area contributed by atoms with Crippen LogP contribution in [0.3, 0.4) is 0 Å². The Labute approximate surface area is 196 Å². The lowest BCUT2D eigenvalue weighted by atomic mass is 9.47. The van der Waals surface area contributed by atoms with Gasteiger partial charge in [-0.3, -0.25) is 9.78 Å². The highest BCUT2D eigenvalue weighted by Gasteiger charge is 2.57. The second-order valence-corrected chi connectivity index (χ2v) is 10.9. The van der Waals surface area contributed by atoms with Crippen LogP contribution in [0.15, 0.2) is 42.3 Å². The van der Waals surface area contributed by atoms with Gasteiger partial charge in [-0.2, -0.15) is 0 Å². The monoisotopic (exact) mass is 449 g/mol. The molecule has 0 radical (unpaired) electrons. The molecule has 6 heteroatoms. The summed E-state index contributed by atoms with van der Waals surface area (Å²) in [5, 5.41) is 2.44. The minimum atomic E-state index is -0.568. The van der Waals surface area contributed by atoms with E-state index in [4.69, 9.17) is 10.5 Å². The zero-order valence-corrected chi connectivity index (χ0v) is 19.7. The number of hydrogen-bond acceptors (Lipinski definition) is 4. The Balaban J connectivity index is 1.30. The number of pyridine rings is 1. The maximum Gasteiger partial charge on any atom is 0.407 e. The van der Waals surface area contributed by atoms with Gasteiger partial charge in [0.15, 0.2) is 0 Å². The van der Waals surface area contributed by atoms with Crippen LogP contribution in [0.25, 0.3) is 5.57 Å². The number of carbonyl (C=O) groups is 2. The van der Waals surface area contributed by atoms with Gasteiger partial charge in [0.1, 0.15) is 6.10 Å². The fourth-order valence-corrected chi connectivity index (χ4v) is 7.62. The van der Waals surface area contributed by atoms with Crippen molar-refractivity contribution in [1.29, 1.82) is 0 Å². The average molecular weight is 450 g/mol. The number of carbonyl (C=O) groups excluding carboxylic acids is 2. The lowest BCUT2D eigenvalue weighted by molar-refractivity contribution is -0.117. The average Bonchev–Trinajstić information content (AvgIpc) is 3.16. The van der Waals surface area contributed by atoms with Crippen molar-refractivity contribution in [2.45, 2.75) is 64.9 Å². The first-order valence-electron chi connectivity index (χ1n) is 12.3. The summed E-state index contributed by atoms with van der Waals surface area (Å²) in [5.41, 5.74) is 9.76. The van der Waals surface area contributed by atoms with Crippen molar-refractivity contribution in [3.8, 4) is 0 Å². The molecule has 0 bridgehead atoms. The van der Waals surface area contributed by atoms with E-state index in [1.54, 1.807) is 0 Å². The highest BCUT2D eigenvalue weighted by atomic mass is 16.6. The SMILES string of the molecule is C[C@]12CC[C@H](OC(=O)NCC(N)=O)CC1=CC[C@H]1C3CC=C(c4cccnc4)[C@@]3(C)CC[C@@H]12. The first kappa shape index (κ1) is 22.2. The molecular weight excluding hydrogens is 414 g/mol. The third-order valence-corrected chi connectivity index (χ3v) is 9.29. The molecule has 6 nitrogen and oxygen atoms in total. The highest BCUT2D eigenvalue weighted by Crippen LogP contribution is 2.66. The highest BCUT2D eigenvalue weighted by molar-refractivity contribution is 5.80. The number of rotatable bonds is 4. The van der Waals surface area contributed by atoms with E-state index in [9.17, 15) is 9.59 Å². The van der Waals surface area contributed by atoms with Crippen molar-refractivity contribution in [2.24, 2.45) is 34.3 Å². The Morgan fingerprint density at radius 2 is 1.97 bits per heavy atom. The molecule has 0 saturated heterocycles. The maximum absolute atomic E-state index is 12.0. The van der Waals surface area contributed by atoms with Gasteiger partial charge in [0, 0.05) is 18.8 Å². The first-order chi connectivity index (χ1) is 15.8. The number of ether oxygens (including phenoxy) is 1. The molecular formula is C27H35N3O3. The Kier molecular flexibility index (Phi) is 5.58. The number of nitrogens with zero attached hydrogens (tertiary/aromatic N) is 1. The number of alkyl carbamates (subject to hydrolysis) is 1. The number of hydrogen-bond donors (Lipinski definition) is 2. The summed E-state index contributed by atoms with van der Waals surface area (Å²) < 4.78 is 5.61. The van der Waals surface area contributed by atoms with E-state index < -0.39 is 12.0 Å². The Morgan fingerprint density at radius 3 is 2.73 bits per heavy atom. The van der Waals surface area contributed by atoms with E-state index in [1.165, 1.54) is 29.6 Å². The minimum absolute atomic E-state index is 0.132. The van der Waals surface area contributed by atoms with Gasteiger partial charge in [-0.15, -0.1) is 0 Å². The zero-order valence-electron chi connectivity index (χ0n) is 19.7. The Morgan fingerprint density at radius 1 is 1.15 bits per heavy atom. The topological polar surface area (TPSA) is 94.3 Å². The molecule has 2 fully saturated rings. The molecule has 4 aliphatic carbocycles. The minimum Gasteiger partial charge on any atom is -0.446 e. The van der Waals surface area contributed by atoms with Gasteiger partial charge in [-0.05, 0) is 84.3 Å². The standard InChI is InChI=1S/C27H35N3O3/c1-26-11-9-19(33-25(32)30-16-24(28)31)14-18(26)5-6-20-22-8-7-21(17-4-3-13-29-15-17)27(22,2)12-10-23(20)26/h3-5,7,13,15,19-20,22-23H,6,8-12,14,16H2,1-2H3,(H2,28,31)(H,30,32)/t19-,20-,22?,23-,26-,27+/m0/s1. The summed E-state index contributed by atoms with van der Waals surface area (Å²) in [6.07, 6.45) is 15.6. The molecule has 6 atom stereocenters. The number of fused-ring (bicyclic) bond motifs is 5. The molecule has 0 aromatic carbocycles. The zero-order chi connectivity index (χ0) is 23.2. The molecule has 2 amide bonds. The predicted octanol–water partition coefficient (Wildman–Crippen LogP) is 4.62. The number of nitrogens with one attached hydrogen (secondary N) is 1. The van der Waals surface area contributed by atoms with E-state index in [1.807, 2.05) is 18.5 Å². The number of nitrogens with two attached hydrogens (primary N) is 1. The van der Waals surface area contributed by atoms with Gasteiger partial charge in [0.05, 0.1) is 6.54 Å². The van der Waals surface area contributed by atoms with E-state index in [0.29, 0.717) is 17.8 Å². The van der Waals surface area contributed by atoms with Gasteiger partial charge >= 0.3 is 6.09 Å². The predicted molar refractivity (Wildman–Crippen MR) is 127 cm³/mol. The van der Waals surface area contributed by atoms with Gasteiger partial charge in [0.25, 0.3) is 0 Å². The molecule has 1 heterocycles. The van der Waals surface area contributed by atoms with Crippen LogP contribution in [0.5, 0.6) is 0 Å². The third-order valence-electron chi connectivity index (χ3n) is 9.29.